The van der Waals surface area contributed by atoms with Crippen molar-refractivity contribution in [3.63, 3.8) is 0 Å². The number of ketones is 1. The normalized spacial score (nSPS) is 14.9. The van der Waals surface area contributed by atoms with Gasteiger partial charge in [0.1, 0.15) is 5.75 Å². The van der Waals surface area contributed by atoms with E-state index >= 15 is 0 Å². The van der Waals surface area contributed by atoms with Crippen molar-refractivity contribution in [2.24, 2.45) is 4.99 Å². The van der Waals surface area contributed by atoms with Crippen LogP contribution in [0, 0.1) is 0 Å². The zero-order valence-electron chi connectivity index (χ0n) is 13.5. The molecule has 7 heteroatoms. The van der Waals surface area contributed by atoms with Crippen molar-refractivity contribution in [3.05, 3.63) is 69.9 Å². The minimum Gasteiger partial charge on any atom is -0.405 e. The molecule has 2 heterocycles. The van der Waals surface area contributed by atoms with Crippen molar-refractivity contribution in [2.75, 3.05) is 6.54 Å². The van der Waals surface area contributed by atoms with E-state index in [4.69, 9.17) is 0 Å². The van der Waals surface area contributed by atoms with Crippen LogP contribution in [0.25, 0.3) is 6.08 Å². The Kier molecular flexibility index (Phi) is 5.37. The Hall–Kier alpha value is -2.67. The molecule has 1 aliphatic rings. The summed E-state index contributed by atoms with van der Waals surface area (Å²) in [7, 11) is 0. The van der Waals surface area contributed by atoms with E-state index in [0.29, 0.717) is 12.0 Å². The minimum atomic E-state index is -4.85. The van der Waals surface area contributed by atoms with Crippen molar-refractivity contribution in [3.8, 4) is 5.75 Å². The molecule has 3 nitrogen and oxygen atoms in total. The molecule has 0 fully saturated rings. The third-order valence-corrected chi connectivity index (χ3v) is 4.48. The fourth-order valence-corrected chi connectivity index (χ4v) is 3.05. The van der Waals surface area contributed by atoms with E-state index in [9.17, 15) is 18.0 Å². The first kappa shape index (κ1) is 18.1. The Bertz CT molecular complexity index is 880. The van der Waals surface area contributed by atoms with Gasteiger partial charge in [0.15, 0.2) is 5.78 Å². The van der Waals surface area contributed by atoms with Gasteiger partial charge in [-0.2, -0.15) is 0 Å². The molecule has 0 spiro atoms. The van der Waals surface area contributed by atoms with E-state index in [-0.39, 0.29) is 12.1 Å². The summed E-state index contributed by atoms with van der Waals surface area (Å²) >= 11 is 1.60. The maximum Gasteiger partial charge on any atom is 0.573 e. The number of nitrogens with zero attached hydrogens (tertiary/aromatic N) is 1. The first-order valence-corrected chi connectivity index (χ1v) is 8.64. The number of hydrogen-bond acceptors (Lipinski definition) is 4. The van der Waals surface area contributed by atoms with Crippen LogP contribution < -0.4 is 4.74 Å². The molecular formula is C19H14F3NO2S. The summed E-state index contributed by atoms with van der Waals surface area (Å²) in [5.74, 6) is -1.01. The first-order valence-electron chi connectivity index (χ1n) is 7.76. The molecule has 134 valence electrons. The lowest BCUT2D eigenvalue weighted by Crippen LogP contribution is -2.20. The largest absolute Gasteiger partial charge is 0.573 e. The van der Waals surface area contributed by atoms with E-state index < -0.39 is 17.9 Å². The molecule has 0 aliphatic carbocycles. The van der Waals surface area contributed by atoms with E-state index in [1.165, 1.54) is 18.2 Å². The molecule has 3 rings (SSSR count). The van der Waals surface area contributed by atoms with E-state index in [2.05, 4.69) is 9.73 Å². The highest BCUT2D eigenvalue weighted by atomic mass is 32.1. The van der Waals surface area contributed by atoms with E-state index in [0.717, 1.165) is 16.7 Å². The third kappa shape index (κ3) is 4.70. The van der Waals surface area contributed by atoms with Crippen LogP contribution in [0.15, 0.2) is 64.5 Å². The quantitative estimate of drug-likeness (QED) is 0.662. The van der Waals surface area contributed by atoms with Gasteiger partial charge in [0.2, 0.25) is 0 Å². The van der Waals surface area contributed by atoms with Crippen LogP contribution in [0.3, 0.4) is 0 Å². The van der Waals surface area contributed by atoms with Crippen LogP contribution in [0.4, 0.5) is 13.2 Å². The van der Waals surface area contributed by atoms with Gasteiger partial charge in [-0.3, -0.25) is 9.79 Å². The highest BCUT2D eigenvalue weighted by molar-refractivity contribution is 7.10. The van der Waals surface area contributed by atoms with Gasteiger partial charge in [0.25, 0.3) is 0 Å². The van der Waals surface area contributed by atoms with Gasteiger partial charge in [0, 0.05) is 22.6 Å². The predicted octanol–water partition coefficient (Wildman–Crippen LogP) is 5.31. The number of aliphatic imine (C=N–C) groups is 1. The lowest BCUT2D eigenvalue weighted by molar-refractivity contribution is -0.274. The van der Waals surface area contributed by atoms with Crippen molar-refractivity contribution >= 4 is 28.9 Å². The number of benzene rings is 1. The lowest BCUT2D eigenvalue weighted by atomic mass is 9.99. The number of para-hydroxylation sites is 1. The highest BCUT2D eigenvalue weighted by Gasteiger charge is 2.33. The maximum absolute atomic E-state index is 12.6. The number of Topliss-reactive ketones (excluding diaryl/α,β-unsaturated/α-hetero) is 1. The summed E-state index contributed by atoms with van der Waals surface area (Å²) in [5, 5.41) is 1.97. The number of ether oxygens (including phenoxy) is 1. The molecule has 1 aliphatic heterocycles. The minimum absolute atomic E-state index is 0.121. The molecule has 0 bridgehead atoms. The summed E-state index contributed by atoms with van der Waals surface area (Å²) in [6, 6.07) is 9.26. The van der Waals surface area contributed by atoms with Crippen molar-refractivity contribution in [1.29, 1.82) is 0 Å². The molecule has 0 atom stereocenters. The standard InChI is InChI=1S/C19H14F3NO2S/c20-19(21,22)25-17-6-2-1-5-16(17)18(24)13-7-8-14(23-12-13)9-10-15-4-3-11-26-15/h1-7,9-11H,8,12H2/b10-9+. The number of rotatable bonds is 5. The van der Waals surface area contributed by atoms with Crippen LogP contribution in [0.5, 0.6) is 5.75 Å². The number of allylic oxidation sites excluding steroid dienone is 2. The van der Waals surface area contributed by atoms with Crippen LogP contribution in [0.1, 0.15) is 21.7 Å². The summed E-state index contributed by atoms with van der Waals surface area (Å²) in [5.41, 5.74) is 1.05. The number of hydrogen-bond donors (Lipinski definition) is 0. The second-order valence-corrected chi connectivity index (χ2v) is 6.44. The lowest BCUT2D eigenvalue weighted by Gasteiger charge is -2.15. The van der Waals surface area contributed by atoms with Crippen LogP contribution in [-0.4, -0.2) is 24.4 Å². The SMILES string of the molecule is O=C(C1=CCC(/C=C/c2cccs2)=NC1)c1ccccc1OC(F)(F)F. The van der Waals surface area contributed by atoms with Crippen LogP contribution in [0.2, 0.25) is 0 Å². The summed E-state index contributed by atoms with van der Waals surface area (Å²) in [4.78, 5) is 18.0. The topological polar surface area (TPSA) is 38.7 Å². The fourth-order valence-electron chi connectivity index (χ4n) is 2.43. The average molecular weight is 377 g/mol. The monoisotopic (exact) mass is 377 g/mol. The Morgan fingerprint density at radius 1 is 1.15 bits per heavy atom. The fraction of sp³-hybridized carbons (Fsp3) is 0.158. The van der Waals surface area contributed by atoms with E-state index in [1.54, 1.807) is 17.4 Å². The summed E-state index contributed by atoms with van der Waals surface area (Å²) in [6.45, 7) is 0.128. The Morgan fingerprint density at radius 3 is 2.62 bits per heavy atom. The number of thiophene rings is 1. The molecule has 0 saturated heterocycles. The molecular weight excluding hydrogens is 363 g/mol. The molecule has 0 N–H and O–H groups in total. The van der Waals surface area contributed by atoms with Crippen molar-refractivity contribution in [2.45, 2.75) is 12.8 Å². The first-order chi connectivity index (χ1) is 12.4. The van der Waals surface area contributed by atoms with Gasteiger partial charge >= 0.3 is 6.36 Å². The van der Waals surface area contributed by atoms with Crippen molar-refractivity contribution < 1.29 is 22.7 Å². The molecule has 2 aromatic rings. The summed E-state index contributed by atoms with van der Waals surface area (Å²) in [6.07, 6.45) is 1.12. The second kappa shape index (κ2) is 7.70. The van der Waals surface area contributed by atoms with Crippen LogP contribution in [-0.2, 0) is 0 Å². The number of carbonyl (C=O) groups is 1. The zero-order chi connectivity index (χ0) is 18.6. The molecule has 0 radical (unpaired) electrons. The van der Waals surface area contributed by atoms with Gasteiger partial charge in [-0.1, -0.05) is 24.3 Å². The molecule has 26 heavy (non-hydrogen) atoms. The van der Waals surface area contributed by atoms with E-state index in [1.807, 2.05) is 29.7 Å². The summed E-state index contributed by atoms with van der Waals surface area (Å²) < 4.78 is 41.5. The Labute approximate surface area is 152 Å². The predicted molar refractivity (Wildman–Crippen MR) is 95.8 cm³/mol. The number of alkyl halides is 3. The van der Waals surface area contributed by atoms with Crippen molar-refractivity contribution in [1.82, 2.24) is 0 Å². The zero-order valence-corrected chi connectivity index (χ0v) is 14.3. The van der Waals surface area contributed by atoms with Gasteiger partial charge in [-0.05, 0) is 35.7 Å². The Morgan fingerprint density at radius 2 is 1.96 bits per heavy atom. The number of carbonyl (C=O) groups excluding carboxylic acids is 1. The van der Waals surface area contributed by atoms with Gasteiger partial charge in [-0.15, -0.1) is 24.5 Å². The average Bonchev–Trinajstić information content (AvgIpc) is 3.12. The number of dihydropyridines is 1. The third-order valence-electron chi connectivity index (χ3n) is 3.64. The molecule has 0 unspecified atom stereocenters. The second-order valence-electron chi connectivity index (χ2n) is 5.46. The van der Waals surface area contributed by atoms with Gasteiger partial charge < -0.3 is 4.74 Å². The smallest absolute Gasteiger partial charge is 0.405 e. The molecule has 1 aromatic heterocycles. The molecule has 1 aromatic carbocycles. The molecule has 0 saturated carbocycles. The van der Waals surface area contributed by atoms with Gasteiger partial charge in [-0.25, -0.2) is 0 Å². The highest BCUT2D eigenvalue weighted by Crippen LogP contribution is 2.28. The molecule has 0 amide bonds. The van der Waals surface area contributed by atoms with Gasteiger partial charge in [0.05, 0.1) is 12.1 Å². The number of halogens is 3. The Balaban J connectivity index is 1.71. The van der Waals surface area contributed by atoms with Crippen LogP contribution >= 0.6 is 11.3 Å². The maximum atomic E-state index is 12.6.